The summed E-state index contributed by atoms with van der Waals surface area (Å²) in [6, 6.07) is 12.3. The molecule has 0 bridgehead atoms. The first-order chi connectivity index (χ1) is 12.1. The van der Waals surface area contributed by atoms with E-state index in [9.17, 15) is 4.79 Å². The Hall–Kier alpha value is -2.25. The van der Waals surface area contributed by atoms with Gasteiger partial charge in [-0.3, -0.25) is 14.5 Å². The van der Waals surface area contributed by atoms with Crippen LogP contribution in [0.5, 0.6) is 0 Å². The molecule has 0 aliphatic carbocycles. The van der Waals surface area contributed by atoms with Gasteiger partial charge in [0.2, 0.25) is 5.91 Å². The number of rotatable bonds is 6. The molecule has 0 aliphatic heterocycles. The average molecular weight is 373 g/mol. The Bertz CT molecular complexity index is 894. The number of H-pyrrole nitrogens is 1. The number of likely N-dealkylation sites (N-methyl/N-ethyl adjacent to an activating group) is 1. The maximum absolute atomic E-state index is 12.6. The molecule has 0 saturated carbocycles. The number of benzene rings is 1. The molecule has 25 heavy (non-hydrogen) atoms. The van der Waals surface area contributed by atoms with E-state index in [0.717, 1.165) is 16.9 Å². The number of nitrogens with zero attached hydrogens (tertiary/aromatic N) is 3. The molecule has 0 spiro atoms. The Morgan fingerprint density at radius 1 is 1.28 bits per heavy atom. The lowest BCUT2D eigenvalue weighted by Crippen LogP contribution is -2.30. The van der Waals surface area contributed by atoms with E-state index in [4.69, 9.17) is 12.2 Å². The number of amides is 1. The first-order valence-corrected chi connectivity index (χ1v) is 9.38. The van der Waals surface area contributed by atoms with Gasteiger partial charge in [-0.15, -0.1) is 11.3 Å². The third kappa shape index (κ3) is 4.05. The van der Waals surface area contributed by atoms with Crippen molar-refractivity contribution < 1.29 is 4.79 Å². The molecule has 0 radical (unpaired) electrons. The summed E-state index contributed by atoms with van der Waals surface area (Å²) in [5.41, 5.74) is 2.41. The van der Waals surface area contributed by atoms with Gasteiger partial charge in [0.1, 0.15) is 6.54 Å². The number of carbonyl (C=O) groups excluding carboxylic acids is 1. The van der Waals surface area contributed by atoms with Crippen LogP contribution in [0.4, 0.5) is 0 Å². The van der Waals surface area contributed by atoms with Crippen molar-refractivity contribution in [3.8, 4) is 10.7 Å². The maximum atomic E-state index is 12.6. The Kier molecular flexibility index (Phi) is 5.45. The van der Waals surface area contributed by atoms with E-state index >= 15 is 0 Å². The minimum absolute atomic E-state index is 0.00475. The van der Waals surface area contributed by atoms with Gasteiger partial charge in [0.05, 0.1) is 4.88 Å². The lowest BCUT2D eigenvalue weighted by molar-refractivity contribution is -0.131. The lowest BCUT2D eigenvalue weighted by Gasteiger charge is -2.18. The predicted molar refractivity (Wildman–Crippen MR) is 103 cm³/mol. The fourth-order valence-corrected chi connectivity index (χ4v) is 3.48. The summed E-state index contributed by atoms with van der Waals surface area (Å²) in [6.07, 6.45) is 1.01. The van der Waals surface area contributed by atoms with Crippen LogP contribution in [0.15, 0.2) is 41.8 Å². The minimum atomic E-state index is -0.00475. The quantitative estimate of drug-likeness (QED) is 0.668. The van der Waals surface area contributed by atoms with Crippen molar-refractivity contribution in [1.29, 1.82) is 0 Å². The Labute approximate surface area is 155 Å². The molecule has 0 unspecified atom stereocenters. The summed E-state index contributed by atoms with van der Waals surface area (Å²) >= 11 is 6.86. The van der Waals surface area contributed by atoms with Gasteiger partial charge in [-0.1, -0.05) is 37.3 Å². The molecular weight excluding hydrogens is 352 g/mol. The standard InChI is InChI=1S/C18H20N4OS2/c1-3-13-6-8-14(9-7-13)11-21(2)16(23)12-22-17(19-20-18(22)24)15-5-4-10-25-15/h4-10H,3,11-12H2,1-2H3,(H,20,24). The van der Waals surface area contributed by atoms with E-state index in [0.29, 0.717) is 17.1 Å². The van der Waals surface area contributed by atoms with Crippen molar-refractivity contribution in [2.75, 3.05) is 7.05 Å². The van der Waals surface area contributed by atoms with Crippen molar-refractivity contribution in [1.82, 2.24) is 19.7 Å². The molecule has 0 atom stereocenters. The molecular formula is C18H20N4OS2. The number of thiophene rings is 1. The van der Waals surface area contributed by atoms with Crippen molar-refractivity contribution in [2.24, 2.45) is 0 Å². The van der Waals surface area contributed by atoms with E-state index < -0.39 is 0 Å². The largest absolute Gasteiger partial charge is 0.340 e. The zero-order valence-corrected chi connectivity index (χ0v) is 15.9. The Morgan fingerprint density at radius 2 is 2.00 bits per heavy atom. The van der Waals surface area contributed by atoms with Gasteiger partial charge in [0.15, 0.2) is 10.6 Å². The molecule has 3 rings (SSSR count). The van der Waals surface area contributed by atoms with Gasteiger partial charge in [0, 0.05) is 13.6 Å². The van der Waals surface area contributed by atoms with Gasteiger partial charge in [-0.05, 0) is 41.2 Å². The summed E-state index contributed by atoms with van der Waals surface area (Å²) in [4.78, 5) is 15.3. The second-order valence-corrected chi connectivity index (χ2v) is 7.17. The Balaban J connectivity index is 1.71. The van der Waals surface area contributed by atoms with Crippen LogP contribution in [0, 0.1) is 4.77 Å². The second-order valence-electron chi connectivity index (χ2n) is 5.84. The molecule has 1 N–H and O–H groups in total. The molecule has 1 aromatic carbocycles. The van der Waals surface area contributed by atoms with Crippen molar-refractivity contribution in [3.05, 3.63) is 57.7 Å². The highest BCUT2D eigenvalue weighted by Crippen LogP contribution is 2.22. The molecule has 1 amide bonds. The van der Waals surface area contributed by atoms with Gasteiger partial charge in [-0.25, -0.2) is 0 Å². The molecule has 2 heterocycles. The first-order valence-electron chi connectivity index (χ1n) is 8.09. The first kappa shape index (κ1) is 17.6. The summed E-state index contributed by atoms with van der Waals surface area (Å²) in [7, 11) is 1.81. The number of aryl methyl sites for hydroxylation is 1. The van der Waals surface area contributed by atoms with Gasteiger partial charge < -0.3 is 4.90 Å². The molecule has 5 nitrogen and oxygen atoms in total. The third-order valence-corrected chi connectivity index (χ3v) is 5.25. The van der Waals surface area contributed by atoms with E-state index in [-0.39, 0.29) is 12.5 Å². The van der Waals surface area contributed by atoms with Crippen molar-refractivity contribution in [3.63, 3.8) is 0 Å². The molecule has 2 aromatic heterocycles. The number of aromatic amines is 1. The number of aromatic nitrogens is 3. The smallest absolute Gasteiger partial charge is 0.242 e. The topological polar surface area (TPSA) is 53.9 Å². The highest BCUT2D eigenvalue weighted by molar-refractivity contribution is 7.71. The number of hydrogen-bond acceptors (Lipinski definition) is 4. The van der Waals surface area contributed by atoms with Crippen LogP contribution in [-0.2, 0) is 24.3 Å². The number of nitrogens with one attached hydrogen (secondary N) is 1. The average Bonchev–Trinajstić information content (AvgIpc) is 3.26. The number of hydrogen-bond donors (Lipinski definition) is 1. The molecule has 0 saturated heterocycles. The minimum Gasteiger partial charge on any atom is -0.340 e. The van der Waals surface area contributed by atoms with Crippen LogP contribution in [0.1, 0.15) is 18.1 Å². The normalized spacial score (nSPS) is 10.8. The van der Waals surface area contributed by atoms with Gasteiger partial charge in [-0.2, -0.15) is 5.10 Å². The van der Waals surface area contributed by atoms with Crippen molar-refractivity contribution in [2.45, 2.75) is 26.4 Å². The summed E-state index contributed by atoms with van der Waals surface area (Å²) in [5.74, 6) is 0.698. The lowest BCUT2D eigenvalue weighted by atomic mass is 10.1. The van der Waals surface area contributed by atoms with Crippen LogP contribution in [0.2, 0.25) is 0 Å². The summed E-state index contributed by atoms with van der Waals surface area (Å²) < 4.78 is 2.21. The van der Waals surface area contributed by atoms with Crippen LogP contribution in [-0.4, -0.2) is 32.6 Å². The van der Waals surface area contributed by atoms with Gasteiger partial charge >= 0.3 is 0 Å². The SMILES string of the molecule is CCc1ccc(CN(C)C(=O)Cn2c(-c3cccs3)n[nH]c2=S)cc1. The monoisotopic (exact) mass is 372 g/mol. The van der Waals surface area contributed by atoms with Crippen LogP contribution < -0.4 is 0 Å². The van der Waals surface area contributed by atoms with E-state index in [1.165, 1.54) is 5.56 Å². The summed E-state index contributed by atoms with van der Waals surface area (Å²) in [6.45, 7) is 2.87. The molecule has 0 aliphatic rings. The predicted octanol–water partition coefficient (Wildman–Crippen LogP) is 3.89. The van der Waals surface area contributed by atoms with Gasteiger partial charge in [0.25, 0.3) is 0 Å². The second kappa shape index (κ2) is 7.76. The van der Waals surface area contributed by atoms with Crippen LogP contribution >= 0.6 is 23.6 Å². The summed E-state index contributed by atoms with van der Waals surface area (Å²) in [5, 5.41) is 9.02. The zero-order valence-electron chi connectivity index (χ0n) is 14.2. The van der Waals surface area contributed by atoms with Crippen LogP contribution in [0.25, 0.3) is 10.7 Å². The highest BCUT2D eigenvalue weighted by atomic mass is 32.1. The van der Waals surface area contributed by atoms with Crippen LogP contribution in [0.3, 0.4) is 0 Å². The maximum Gasteiger partial charge on any atom is 0.242 e. The van der Waals surface area contributed by atoms with E-state index in [1.54, 1.807) is 20.8 Å². The van der Waals surface area contributed by atoms with Crippen molar-refractivity contribution >= 4 is 29.5 Å². The molecule has 3 aromatic rings. The van der Waals surface area contributed by atoms with E-state index in [2.05, 4.69) is 41.4 Å². The zero-order chi connectivity index (χ0) is 17.8. The molecule has 7 heteroatoms. The van der Waals surface area contributed by atoms with E-state index in [1.807, 2.05) is 24.6 Å². The third-order valence-electron chi connectivity index (χ3n) is 4.07. The molecule has 130 valence electrons. The fourth-order valence-electron chi connectivity index (χ4n) is 2.56. The number of carbonyl (C=O) groups is 1. The highest BCUT2D eigenvalue weighted by Gasteiger charge is 2.16. The fraction of sp³-hybridized carbons (Fsp3) is 0.278. The Morgan fingerprint density at radius 3 is 2.64 bits per heavy atom. The molecule has 0 fully saturated rings.